The van der Waals surface area contributed by atoms with Crippen LogP contribution in [0.25, 0.3) is 0 Å². The fourth-order valence-electron chi connectivity index (χ4n) is 2.70. The third-order valence-electron chi connectivity index (χ3n) is 4.15. The minimum atomic E-state index is -4.76. The van der Waals surface area contributed by atoms with Gasteiger partial charge in [0.1, 0.15) is 17.4 Å². The van der Waals surface area contributed by atoms with E-state index < -0.39 is 29.8 Å². The van der Waals surface area contributed by atoms with Crippen LogP contribution in [0.2, 0.25) is 0 Å². The number of benzene rings is 2. The predicted molar refractivity (Wildman–Crippen MR) is 110 cm³/mol. The lowest BCUT2D eigenvalue weighted by atomic mass is 10.1. The number of anilines is 1. The Morgan fingerprint density at radius 1 is 1.06 bits per heavy atom. The topological polar surface area (TPSA) is 80.3 Å². The Kier molecular flexibility index (Phi) is 7.59. The number of ether oxygens (including phenoxy) is 1. The minimum Gasteiger partial charge on any atom is -0.406 e. The first kappa shape index (κ1) is 24.1. The normalized spacial score (nSPS) is 11.2. The van der Waals surface area contributed by atoms with E-state index in [1.54, 1.807) is 0 Å². The Balaban J connectivity index is 1.45. The second-order valence-corrected chi connectivity index (χ2v) is 7.79. The highest BCUT2D eigenvalue weighted by molar-refractivity contribution is 7.15. The van der Waals surface area contributed by atoms with E-state index in [1.165, 1.54) is 41.8 Å². The first-order chi connectivity index (χ1) is 15.6. The highest BCUT2D eigenvalue weighted by Gasteiger charge is 2.30. The van der Waals surface area contributed by atoms with E-state index >= 15 is 0 Å². The van der Waals surface area contributed by atoms with Crippen LogP contribution in [0, 0.1) is 11.6 Å². The first-order valence-electron chi connectivity index (χ1n) is 9.41. The van der Waals surface area contributed by atoms with Crippen molar-refractivity contribution in [3.63, 3.8) is 0 Å². The molecule has 0 unspecified atom stereocenters. The summed E-state index contributed by atoms with van der Waals surface area (Å²) in [5, 5.41) is 5.24. The van der Waals surface area contributed by atoms with Crippen LogP contribution in [-0.4, -0.2) is 29.7 Å². The van der Waals surface area contributed by atoms with Crippen molar-refractivity contribution in [1.82, 2.24) is 10.3 Å². The smallest absolute Gasteiger partial charge is 0.406 e. The summed E-state index contributed by atoms with van der Waals surface area (Å²) in [6, 6.07) is 7.95. The maximum Gasteiger partial charge on any atom is 0.573 e. The molecule has 2 amide bonds. The number of hydrogen-bond acceptors (Lipinski definition) is 5. The summed E-state index contributed by atoms with van der Waals surface area (Å²) in [5.74, 6) is -3.35. The Bertz CT molecular complexity index is 1130. The fraction of sp³-hybridized carbons (Fsp3) is 0.190. The van der Waals surface area contributed by atoms with Crippen molar-refractivity contribution in [2.75, 3.05) is 11.9 Å². The summed E-state index contributed by atoms with van der Waals surface area (Å²) in [7, 11) is 0. The van der Waals surface area contributed by atoms with Gasteiger partial charge in [-0.15, -0.1) is 24.5 Å². The van der Waals surface area contributed by atoms with Gasteiger partial charge >= 0.3 is 6.36 Å². The molecular formula is C21H16F5N3O3S. The zero-order valence-electron chi connectivity index (χ0n) is 16.7. The molecule has 0 aliphatic heterocycles. The number of aromatic nitrogens is 1. The van der Waals surface area contributed by atoms with Gasteiger partial charge in [0.25, 0.3) is 5.91 Å². The lowest BCUT2D eigenvalue weighted by Gasteiger charge is -2.08. The molecule has 6 nitrogen and oxygen atoms in total. The van der Waals surface area contributed by atoms with Crippen LogP contribution in [0.15, 0.2) is 48.7 Å². The fourth-order valence-corrected chi connectivity index (χ4v) is 3.56. The van der Waals surface area contributed by atoms with Crippen molar-refractivity contribution < 1.29 is 36.3 Å². The average molecular weight is 485 g/mol. The van der Waals surface area contributed by atoms with E-state index in [9.17, 15) is 31.5 Å². The van der Waals surface area contributed by atoms with Crippen LogP contribution in [0.5, 0.6) is 5.75 Å². The quantitative estimate of drug-likeness (QED) is 0.455. The van der Waals surface area contributed by atoms with E-state index in [2.05, 4.69) is 20.4 Å². The SMILES string of the molecule is O=C(CCNC(=O)c1ccc(F)cc1F)Nc1ncc(Cc2ccc(OC(F)(F)F)cc2)s1. The molecule has 174 valence electrons. The molecule has 0 bridgehead atoms. The molecule has 0 aliphatic carbocycles. The standard InChI is InChI=1S/C21H16F5N3O3S/c22-13-3-6-16(17(23)10-13)19(31)27-8-7-18(30)29-20-28-11-15(33-20)9-12-1-4-14(5-2-12)32-21(24,25)26/h1-6,10-11H,7-9H2,(H,27,31)(H,28,29,30). The Labute approximate surface area is 188 Å². The number of rotatable bonds is 8. The summed E-state index contributed by atoms with van der Waals surface area (Å²) in [4.78, 5) is 28.8. The number of thiazole rings is 1. The molecule has 2 aromatic carbocycles. The molecule has 1 heterocycles. The van der Waals surface area contributed by atoms with Crippen LogP contribution in [0.4, 0.5) is 27.1 Å². The monoisotopic (exact) mass is 485 g/mol. The van der Waals surface area contributed by atoms with Crippen molar-refractivity contribution in [2.24, 2.45) is 0 Å². The highest BCUT2D eigenvalue weighted by Crippen LogP contribution is 2.25. The lowest BCUT2D eigenvalue weighted by Crippen LogP contribution is -2.28. The minimum absolute atomic E-state index is 0.0773. The van der Waals surface area contributed by atoms with Crippen LogP contribution in [0.1, 0.15) is 27.2 Å². The number of halogens is 5. The Morgan fingerprint density at radius 3 is 2.45 bits per heavy atom. The zero-order valence-corrected chi connectivity index (χ0v) is 17.5. The van der Waals surface area contributed by atoms with E-state index in [1.807, 2.05) is 0 Å². The molecule has 0 saturated heterocycles. The number of nitrogens with one attached hydrogen (secondary N) is 2. The van der Waals surface area contributed by atoms with E-state index in [4.69, 9.17) is 0 Å². The molecule has 0 aliphatic rings. The third-order valence-corrected chi connectivity index (χ3v) is 5.06. The summed E-state index contributed by atoms with van der Waals surface area (Å²) < 4.78 is 66.9. The molecule has 33 heavy (non-hydrogen) atoms. The van der Waals surface area contributed by atoms with E-state index in [0.29, 0.717) is 17.6 Å². The number of amides is 2. The molecular weight excluding hydrogens is 469 g/mol. The predicted octanol–water partition coefficient (Wildman–Crippen LogP) is 4.67. The Morgan fingerprint density at radius 2 is 1.79 bits per heavy atom. The highest BCUT2D eigenvalue weighted by atomic mass is 32.1. The van der Waals surface area contributed by atoms with Gasteiger partial charge in [-0.05, 0) is 29.8 Å². The van der Waals surface area contributed by atoms with Gasteiger partial charge in [0, 0.05) is 36.5 Å². The molecule has 3 aromatic rings. The molecule has 0 atom stereocenters. The summed E-state index contributed by atoms with van der Waals surface area (Å²) >= 11 is 1.18. The molecule has 1 aromatic heterocycles. The van der Waals surface area contributed by atoms with Crippen molar-refractivity contribution in [2.45, 2.75) is 19.2 Å². The second-order valence-electron chi connectivity index (χ2n) is 6.68. The van der Waals surface area contributed by atoms with Crippen molar-refractivity contribution in [3.05, 3.63) is 76.3 Å². The molecule has 0 saturated carbocycles. The first-order valence-corrected chi connectivity index (χ1v) is 10.2. The van der Waals surface area contributed by atoms with Crippen molar-refractivity contribution in [3.8, 4) is 5.75 Å². The molecule has 12 heteroatoms. The van der Waals surface area contributed by atoms with Crippen LogP contribution in [-0.2, 0) is 11.2 Å². The lowest BCUT2D eigenvalue weighted by molar-refractivity contribution is -0.274. The largest absolute Gasteiger partial charge is 0.573 e. The maximum atomic E-state index is 13.6. The van der Waals surface area contributed by atoms with Crippen LogP contribution >= 0.6 is 11.3 Å². The van der Waals surface area contributed by atoms with Crippen LogP contribution in [0.3, 0.4) is 0 Å². The van der Waals surface area contributed by atoms with Crippen molar-refractivity contribution >= 4 is 28.3 Å². The zero-order chi connectivity index (χ0) is 24.0. The van der Waals surface area contributed by atoms with E-state index in [0.717, 1.165) is 22.6 Å². The van der Waals surface area contributed by atoms with Gasteiger partial charge in [-0.1, -0.05) is 12.1 Å². The number of hydrogen-bond donors (Lipinski definition) is 2. The summed E-state index contributed by atoms with van der Waals surface area (Å²) in [6.07, 6.45) is -2.95. The molecule has 0 fully saturated rings. The number of alkyl halides is 3. The average Bonchev–Trinajstić information content (AvgIpc) is 3.15. The number of carbonyl (C=O) groups is 2. The van der Waals surface area contributed by atoms with Crippen LogP contribution < -0.4 is 15.4 Å². The molecule has 0 spiro atoms. The number of nitrogens with zero attached hydrogens (tertiary/aromatic N) is 1. The van der Waals surface area contributed by atoms with Gasteiger partial charge in [0.05, 0.1) is 5.56 Å². The third kappa shape index (κ3) is 7.52. The molecule has 3 rings (SSSR count). The van der Waals surface area contributed by atoms with Gasteiger partial charge in [0.2, 0.25) is 5.91 Å². The molecule has 2 N–H and O–H groups in total. The van der Waals surface area contributed by atoms with Gasteiger partial charge in [-0.25, -0.2) is 13.8 Å². The van der Waals surface area contributed by atoms with Gasteiger partial charge in [-0.2, -0.15) is 0 Å². The van der Waals surface area contributed by atoms with Gasteiger partial charge < -0.3 is 15.4 Å². The second kappa shape index (κ2) is 10.4. The summed E-state index contributed by atoms with van der Waals surface area (Å²) in [6.45, 7) is -0.0773. The van der Waals surface area contributed by atoms with Crippen molar-refractivity contribution in [1.29, 1.82) is 0 Å². The maximum absolute atomic E-state index is 13.6. The molecule has 0 radical (unpaired) electrons. The summed E-state index contributed by atoms with van der Waals surface area (Å²) in [5.41, 5.74) is 0.390. The van der Waals surface area contributed by atoms with Gasteiger partial charge in [0.15, 0.2) is 5.13 Å². The Hall–Kier alpha value is -3.54. The van der Waals surface area contributed by atoms with E-state index in [-0.39, 0.29) is 24.3 Å². The number of carbonyl (C=O) groups excluding carboxylic acids is 2. The van der Waals surface area contributed by atoms with Gasteiger partial charge in [-0.3, -0.25) is 9.59 Å².